The third-order valence-electron chi connectivity index (χ3n) is 1.46. The van der Waals surface area contributed by atoms with Crippen molar-refractivity contribution in [3.05, 3.63) is 29.6 Å². The Balaban J connectivity index is 2.91. The lowest BCUT2D eigenvalue weighted by Crippen LogP contribution is -2.00. The second kappa shape index (κ2) is 3.46. The van der Waals surface area contributed by atoms with Crippen molar-refractivity contribution in [2.75, 3.05) is 0 Å². The summed E-state index contributed by atoms with van der Waals surface area (Å²) >= 11 is 0. The Morgan fingerprint density at radius 2 is 2.18 bits per heavy atom. The van der Waals surface area contributed by atoms with E-state index in [9.17, 15) is 0 Å². The second-order valence-corrected chi connectivity index (χ2v) is 2.28. The molecule has 0 aliphatic rings. The number of aryl methyl sites for hydroxylation is 1. The first-order valence-corrected chi connectivity index (χ1v) is 3.56. The summed E-state index contributed by atoms with van der Waals surface area (Å²) in [5, 5.41) is 17.5. The summed E-state index contributed by atoms with van der Waals surface area (Å²) in [5.41, 5.74) is 1.18. The summed E-state index contributed by atoms with van der Waals surface area (Å²) in [6, 6.07) is 5.20. The van der Waals surface area contributed by atoms with Gasteiger partial charge in [-0.2, -0.15) is 0 Å². The molecule has 0 saturated heterocycles. The highest BCUT2D eigenvalue weighted by atomic mass is 16.5. The Morgan fingerprint density at radius 1 is 1.45 bits per heavy atom. The number of rotatable bonds is 2. The molecule has 0 saturated carbocycles. The molecule has 0 amide bonds. The lowest BCUT2D eigenvalue weighted by molar-refractivity contribution is -0.0459. The summed E-state index contributed by atoms with van der Waals surface area (Å²) in [5.74, 6) is 0. The summed E-state index contributed by atoms with van der Waals surface area (Å²) in [4.78, 5) is 3.99. The maximum absolute atomic E-state index is 8.74. The zero-order chi connectivity index (χ0) is 8.27. The number of hydrogen-bond acceptors (Lipinski definition) is 3. The minimum absolute atomic E-state index is 0.310. The van der Waals surface area contributed by atoms with Gasteiger partial charge in [0.15, 0.2) is 6.29 Å². The fraction of sp³-hybridized carbons (Fsp3) is 0.375. The van der Waals surface area contributed by atoms with Gasteiger partial charge in [-0.25, -0.2) is 0 Å². The number of pyridine rings is 1. The van der Waals surface area contributed by atoms with E-state index in [0.29, 0.717) is 5.69 Å². The molecular formula is C8H11NO2. The van der Waals surface area contributed by atoms with E-state index in [2.05, 4.69) is 4.98 Å². The van der Waals surface area contributed by atoms with E-state index in [-0.39, 0.29) is 0 Å². The quantitative estimate of drug-likeness (QED) is 0.612. The zero-order valence-electron chi connectivity index (χ0n) is 6.36. The average molecular weight is 153 g/mol. The smallest absolute Gasteiger partial charge is 0.196 e. The highest BCUT2D eigenvalue weighted by molar-refractivity contribution is 5.11. The van der Waals surface area contributed by atoms with Crippen LogP contribution in [0.3, 0.4) is 0 Å². The van der Waals surface area contributed by atoms with Crippen LogP contribution in [0.25, 0.3) is 0 Å². The molecule has 1 rings (SSSR count). The molecule has 11 heavy (non-hydrogen) atoms. The van der Waals surface area contributed by atoms with Gasteiger partial charge >= 0.3 is 0 Å². The molecule has 2 N–H and O–H groups in total. The topological polar surface area (TPSA) is 53.4 Å². The first kappa shape index (κ1) is 8.17. The third kappa shape index (κ3) is 2.00. The SMILES string of the molecule is CCc1cccc(C(O)O)n1. The molecule has 1 aromatic rings. The van der Waals surface area contributed by atoms with Crippen LogP contribution in [0.2, 0.25) is 0 Å². The van der Waals surface area contributed by atoms with Crippen LogP contribution in [0.1, 0.15) is 24.6 Å². The lowest BCUT2D eigenvalue weighted by atomic mass is 10.2. The molecular weight excluding hydrogens is 142 g/mol. The van der Waals surface area contributed by atoms with Gasteiger partial charge in [-0.1, -0.05) is 13.0 Å². The molecule has 0 radical (unpaired) electrons. The fourth-order valence-electron chi connectivity index (χ4n) is 0.839. The van der Waals surface area contributed by atoms with E-state index >= 15 is 0 Å². The summed E-state index contributed by atoms with van der Waals surface area (Å²) in [6.45, 7) is 1.97. The minimum Gasteiger partial charge on any atom is -0.363 e. The molecule has 1 heterocycles. The molecule has 3 nitrogen and oxygen atoms in total. The van der Waals surface area contributed by atoms with E-state index in [0.717, 1.165) is 12.1 Å². The molecule has 60 valence electrons. The third-order valence-corrected chi connectivity index (χ3v) is 1.46. The van der Waals surface area contributed by atoms with E-state index < -0.39 is 6.29 Å². The zero-order valence-corrected chi connectivity index (χ0v) is 6.36. The van der Waals surface area contributed by atoms with Crippen molar-refractivity contribution < 1.29 is 10.2 Å². The molecule has 0 aromatic carbocycles. The van der Waals surface area contributed by atoms with Crippen LogP contribution >= 0.6 is 0 Å². The summed E-state index contributed by atoms with van der Waals surface area (Å²) in [7, 11) is 0. The molecule has 0 fully saturated rings. The monoisotopic (exact) mass is 153 g/mol. The predicted octanol–water partition coefficient (Wildman–Crippen LogP) is 0.627. The van der Waals surface area contributed by atoms with Gasteiger partial charge in [0.05, 0.1) is 5.69 Å². The normalized spacial score (nSPS) is 10.5. The highest BCUT2D eigenvalue weighted by Crippen LogP contribution is 2.06. The first-order chi connectivity index (χ1) is 5.24. The van der Waals surface area contributed by atoms with Gasteiger partial charge in [0, 0.05) is 5.69 Å². The molecule has 0 unspecified atom stereocenters. The Hall–Kier alpha value is -0.930. The standard InChI is InChI=1S/C8H11NO2/c1-2-6-4-3-5-7(9-6)8(10)11/h3-5,8,10-11H,2H2,1H3. The van der Waals surface area contributed by atoms with Crippen LogP contribution < -0.4 is 0 Å². The van der Waals surface area contributed by atoms with Crippen molar-refractivity contribution in [3.8, 4) is 0 Å². The largest absolute Gasteiger partial charge is 0.363 e. The number of hydrogen-bond donors (Lipinski definition) is 2. The molecule has 0 atom stereocenters. The van der Waals surface area contributed by atoms with Gasteiger partial charge in [0.2, 0.25) is 0 Å². The molecule has 0 aliphatic carbocycles. The van der Waals surface area contributed by atoms with Crippen LogP contribution in [0, 0.1) is 0 Å². The molecule has 3 heteroatoms. The minimum atomic E-state index is -1.46. The van der Waals surface area contributed by atoms with E-state index in [1.165, 1.54) is 0 Å². The Morgan fingerprint density at radius 3 is 2.73 bits per heavy atom. The maximum Gasteiger partial charge on any atom is 0.196 e. The number of aromatic nitrogens is 1. The van der Waals surface area contributed by atoms with Gasteiger partial charge in [0.25, 0.3) is 0 Å². The predicted molar refractivity (Wildman–Crippen MR) is 40.8 cm³/mol. The van der Waals surface area contributed by atoms with Crippen molar-refractivity contribution in [1.29, 1.82) is 0 Å². The number of nitrogens with zero attached hydrogens (tertiary/aromatic N) is 1. The van der Waals surface area contributed by atoms with E-state index in [1.807, 2.05) is 13.0 Å². The summed E-state index contributed by atoms with van der Waals surface area (Å²) < 4.78 is 0. The second-order valence-electron chi connectivity index (χ2n) is 2.28. The average Bonchev–Trinajstić information content (AvgIpc) is 2.05. The van der Waals surface area contributed by atoms with Crippen LogP contribution in [0.4, 0.5) is 0 Å². The lowest BCUT2D eigenvalue weighted by Gasteiger charge is -2.03. The number of aliphatic hydroxyl groups is 2. The molecule has 0 aliphatic heterocycles. The Kier molecular flexibility index (Phi) is 2.57. The van der Waals surface area contributed by atoms with Gasteiger partial charge in [0.1, 0.15) is 0 Å². The van der Waals surface area contributed by atoms with Gasteiger partial charge < -0.3 is 10.2 Å². The van der Waals surface area contributed by atoms with Crippen molar-refractivity contribution in [1.82, 2.24) is 4.98 Å². The van der Waals surface area contributed by atoms with Crippen molar-refractivity contribution >= 4 is 0 Å². The van der Waals surface area contributed by atoms with E-state index in [1.54, 1.807) is 12.1 Å². The molecule has 0 spiro atoms. The van der Waals surface area contributed by atoms with Crippen LogP contribution in [-0.4, -0.2) is 15.2 Å². The van der Waals surface area contributed by atoms with Gasteiger partial charge in [-0.15, -0.1) is 0 Å². The highest BCUT2D eigenvalue weighted by Gasteiger charge is 2.02. The number of aliphatic hydroxyl groups excluding tert-OH is 1. The fourth-order valence-corrected chi connectivity index (χ4v) is 0.839. The van der Waals surface area contributed by atoms with Crippen molar-refractivity contribution in [3.63, 3.8) is 0 Å². The molecule has 1 aromatic heterocycles. The van der Waals surface area contributed by atoms with Crippen molar-refractivity contribution in [2.24, 2.45) is 0 Å². The Bertz CT molecular complexity index is 235. The van der Waals surface area contributed by atoms with Crippen LogP contribution in [0.15, 0.2) is 18.2 Å². The van der Waals surface area contributed by atoms with Crippen LogP contribution in [0.5, 0.6) is 0 Å². The molecule has 0 bridgehead atoms. The maximum atomic E-state index is 8.74. The summed E-state index contributed by atoms with van der Waals surface area (Å²) in [6.07, 6.45) is -0.651. The van der Waals surface area contributed by atoms with Gasteiger partial charge in [-0.3, -0.25) is 4.98 Å². The van der Waals surface area contributed by atoms with E-state index in [4.69, 9.17) is 10.2 Å². The van der Waals surface area contributed by atoms with Gasteiger partial charge in [-0.05, 0) is 18.6 Å². The first-order valence-electron chi connectivity index (χ1n) is 3.56. The van der Waals surface area contributed by atoms with Crippen LogP contribution in [-0.2, 0) is 6.42 Å². The Labute approximate surface area is 65.3 Å². The van der Waals surface area contributed by atoms with Crippen molar-refractivity contribution in [2.45, 2.75) is 19.6 Å².